The van der Waals surface area contributed by atoms with Crippen LogP contribution in [0, 0.1) is 0 Å². The van der Waals surface area contributed by atoms with Crippen LogP contribution < -0.4 is 5.32 Å². The van der Waals surface area contributed by atoms with E-state index in [2.05, 4.69) is 15.6 Å². The van der Waals surface area contributed by atoms with Crippen LogP contribution in [-0.2, 0) is 17.8 Å². The molecule has 0 saturated carbocycles. The quantitative estimate of drug-likeness (QED) is 0.881. The Morgan fingerprint density at radius 3 is 2.85 bits per heavy atom. The summed E-state index contributed by atoms with van der Waals surface area (Å²) in [6.07, 6.45) is 2.03. The van der Waals surface area contributed by atoms with Crippen LogP contribution in [-0.4, -0.2) is 32.6 Å². The van der Waals surface area contributed by atoms with Crippen molar-refractivity contribution in [3.63, 3.8) is 0 Å². The molecular formula is C12H12Cl2N4O2. The molecule has 0 saturated heterocycles. The van der Waals surface area contributed by atoms with Crippen molar-refractivity contribution in [3.8, 4) is 0 Å². The lowest BCUT2D eigenvalue weighted by Gasteiger charge is -2.06. The molecule has 0 fully saturated rings. The van der Waals surface area contributed by atoms with Gasteiger partial charge in [-0.2, -0.15) is 0 Å². The number of nitrogens with one attached hydrogen (secondary N) is 1. The Bertz CT molecular complexity index is 615. The van der Waals surface area contributed by atoms with E-state index in [0.29, 0.717) is 27.8 Å². The normalized spacial score (nSPS) is 10.6. The Balaban J connectivity index is 1.95. The first-order chi connectivity index (χ1) is 9.58. The highest BCUT2D eigenvalue weighted by Crippen LogP contribution is 2.24. The maximum atomic E-state index is 11.8. The Hall–Kier alpha value is -1.63. The van der Waals surface area contributed by atoms with E-state index in [1.165, 1.54) is 4.68 Å². The zero-order valence-corrected chi connectivity index (χ0v) is 11.9. The summed E-state index contributed by atoms with van der Waals surface area (Å²) in [6, 6.07) is 4.83. The molecule has 0 radical (unpaired) electrons. The molecule has 0 aliphatic heterocycles. The first-order valence-corrected chi connectivity index (χ1v) is 6.59. The molecule has 2 rings (SSSR count). The van der Waals surface area contributed by atoms with E-state index in [4.69, 9.17) is 28.3 Å². The molecule has 1 heterocycles. The fraction of sp³-hybridized carbons (Fsp3) is 0.250. The highest BCUT2D eigenvalue weighted by Gasteiger charge is 2.07. The molecular weight excluding hydrogens is 303 g/mol. The zero-order valence-electron chi connectivity index (χ0n) is 10.4. The smallest absolute Gasteiger partial charge is 0.246 e. The van der Waals surface area contributed by atoms with Gasteiger partial charge in [0.2, 0.25) is 5.91 Å². The summed E-state index contributed by atoms with van der Waals surface area (Å²) < 4.78 is 1.40. The Morgan fingerprint density at radius 1 is 1.35 bits per heavy atom. The number of carbonyl (C=O) groups is 1. The van der Waals surface area contributed by atoms with E-state index in [1.807, 2.05) is 0 Å². The maximum absolute atomic E-state index is 11.8. The lowest BCUT2D eigenvalue weighted by atomic mass is 10.3. The molecule has 1 amide bonds. The van der Waals surface area contributed by atoms with E-state index in [0.717, 1.165) is 0 Å². The van der Waals surface area contributed by atoms with Gasteiger partial charge in [-0.25, -0.2) is 4.68 Å². The number of amides is 1. The molecule has 1 aromatic carbocycles. The minimum Gasteiger partial charge on any atom is -0.396 e. The third-order valence-corrected chi connectivity index (χ3v) is 3.20. The molecule has 106 valence electrons. The van der Waals surface area contributed by atoms with Crippen molar-refractivity contribution in [2.45, 2.75) is 13.0 Å². The first kappa shape index (κ1) is 14.8. The van der Waals surface area contributed by atoms with Crippen molar-refractivity contribution >= 4 is 34.8 Å². The summed E-state index contributed by atoms with van der Waals surface area (Å²) in [6.45, 7) is 0.0207. The van der Waals surface area contributed by atoms with Crippen LogP contribution in [0.2, 0.25) is 10.0 Å². The van der Waals surface area contributed by atoms with Crippen LogP contribution in [0.5, 0.6) is 0 Å². The summed E-state index contributed by atoms with van der Waals surface area (Å²) in [7, 11) is 0. The molecule has 0 atom stereocenters. The fourth-order valence-electron chi connectivity index (χ4n) is 1.57. The molecule has 8 heteroatoms. The van der Waals surface area contributed by atoms with Gasteiger partial charge in [-0.15, -0.1) is 5.10 Å². The second-order valence-electron chi connectivity index (χ2n) is 4.06. The molecule has 0 spiro atoms. The largest absolute Gasteiger partial charge is 0.396 e. The van der Waals surface area contributed by atoms with Crippen molar-refractivity contribution in [2.24, 2.45) is 0 Å². The zero-order chi connectivity index (χ0) is 14.5. The van der Waals surface area contributed by atoms with E-state index in [1.54, 1.807) is 24.4 Å². The van der Waals surface area contributed by atoms with Crippen LogP contribution in [0.15, 0.2) is 24.4 Å². The number of nitrogens with zero attached hydrogens (tertiary/aromatic N) is 3. The topological polar surface area (TPSA) is 80.0 Å². The van der Waals surface area contributed by atoms with Gasteiger partial charge in [0.25, 0.3) is 0 Å². The number of benzene rings is 1. The summed E-state index contributed by atoms with van der Waals surface area (Å²) in [5.74, 6) is -0.260. The van der Waals surface area contributed by atoms with Gasteiger partial charge in [0.1, 0.15) is 6.54 Å². The lowest BCUT2D eigenvalue weighted by Crippen LogP contribution is -2.19. The van der Waals surface area contributed by atoms with Gasteiger partial charge in [0.15, 0.2) is 0 Å². The third-order valence-electron chi connectivity index (χ3n) is 2.46. The number of hydrogen-bond donors (Lipinski definition) is 2. The Kier molecular flexibility index (Phi) is 4.94. The molecule has 0 bridgehead atoms. The maximum Gasteiger partial charge on any atom is 0.246 e. The number of aromatic nitrogens is 3. The van der Waals surface area contributed by atoms with Crippen molar-refractivity contribution in [1.29, 1.82) is 0 Å². The van der Waals surface area contributed by atoms with E-state index < -0.39 is 0 Å². The number of carbonyl (C=O) groups excluding carboxylic acids is 1. The van der Waals surface area contributed by atoms with Crippen LogP contribution in [0.1, 0.15) is 5.69 Å². The summed E-state index contributed by atoms with van der Waals surface area (Å²) in [5, 5.41) is 19.9. The summed E-state index contributed by atoms with van der Waals surface area (Å²) in [5.41, 5.74) is 1.19. The molecule has 1 aromatic heterocycles. The minimum atomic E-state index is -0.260. The predicted octanol–water partition coefficient (Wildman–Crippen LogP) is 1.76. The molecule has 0 aliphatic carbocycles. The average Bonchev–Trinajstić information content (AvgIpc) is 2.81. The van der Waals surface area contributed by atoms with Gasteiger partial charge in [-0.05, 0) is 18.2 Å². The van der Waals surface area contributed by atoms with Gasteiger partial charge in [-0.1, -0.05) is 28.4 Å². The molecule has 2 aromatic rings. The fourth-order valence-corrected chi connectivity index (χ4v) is 1.86. The van der Waals surface area contributed by atoms with E-state index in [9.17, 15) is 4.79 Å². The van der Waals surface area contributed by atoms with Gasteiger partial charge in [0, 0.05) is 24.9 Å². The summed E-state index contributed by atoms with van der Waals surface area (Å²) in [4.78, 5) is 11.8. The average molecular weight is 315 g/mol. The van der Waals surface area contributed by atoms with Crippen LogP contribution in [0.4, 0.5) is 5.69 Å². The number of hydrogen-bond acceptors (Lipinski definition) is 4. The highest BCUT2D eigenvalue weighted by atomic mass is 35.5. The van der Waals surface area contributed by atoms with Crippen LogP contribution >= 0.6 is 23.2 Å². The lowest BCUT2D eigenvalue weighted by molar-refractivity contribution is -0.116. The monoisotopic (exact) mass is 314 g/mol. The van der Waals surface area contributed by atoms with Crippen molar-refractivity contribution in [1.82, 2.24) is 15.0 Å². The number of anilines is 1. The second kappa shape index (κ2) is 6.69. The van der Waals surface area contributed by atoms with Gasteiger partial charge in [0.05, 0.1) is 15.7 Å². The van der Waals surface area contributed by atoms with E-state index >= 15 is 0 Å². The third kappa shape index (κ3) is 3.93. The molecule has 6 nitrogen and oxygen atoms in total. The number of aliphatic hydroxyl groups is 1. The molecule has 0 aliphatic rings. The van der Waals surface area contributed by atoms with Crippen LogP contribution in [0.25, 0.3) is 0 Å². The van der Waals surface area contributed by atoms with Crippen molar-refractivity contribution in [2.75, 3.05) is 11.9 Å². The van der Waals surface area contributed by atoms with Crippen molar-refractivity contribution in [3.05, 3.63) is 40.1 Å². The second-order valence-corrected chi connectivity index (χ2v) is 4.87. The predicted molar refractivity (Wildman–Crippen MR) is 75.9 cm³/mol. The van der Waals surface area contributed by atoms with E-state index in [-0.39, 0.29) is 19.1 Å². The van der Waals surface area contributed by atoms with Gasteiger partial charge in [-0.3, -0.25) is 4.79 Å². The number of halogens is 2. The number of rotatable bonds is 5. The van der Waals surface area contributed by atoms with Crippen molar-refractivity contribution < 1.29 is 9.90 Å². The molecule has 2 N–H and O–H groups in total. The van der Waals surface area contributed by atoms with Gasteiger partial charge >= 0.3 is 0 Å². The standard InChI is InChI=1S/C12H12Cl2N4O2/c13-10-2-1-8(5-11(10)14)15-12(20)7-18-6-9(3-4-19)16-17-18/h1-2,5-6,19H,3-4,7H2,(H,15,20). The SMILES string of the molecule is O=C(Cn1cc(CCO)nn1)Nc1ccc(Cl)c(Cl)c1. The highest BCUT2D eigenvalue weighted by molar-refractivity contribution is 6.42. The first-order valence-electron chi connectivity index (χ1n) is 5.83. The van der Waals surface area contributed by atoms with Crippen LogP contribution in [0.3, 0.4) is 0 Å². The molecule has 0 unspecified atom stereocenters. The Morgan fingerprint density at radius 2 is 2.15 bits per heavy atom. The number of aliphatic hydroxyl groups excluding tert-OH is 1. The minimum absolute atomic E-state index is 0.00579. The molecule has 20 heavy (non-hydrogen) atoms. The Labute approximate surface area is 125 Å². The van der Waals surface area contributed by atoms with Gasteiger partial charge < -0.3 is 10.4 Å². The summed E-state index contributed by atoms with van der Waals surface area (Å²) >= 11 is 11.7.